The van der Waals surface area contributed by atoms with E-state index in [9.17, 15) is 33.9 Å². The molecule has 13 N–H and O–H groups in total. The van der Waals surface area contributed by atoms with Gasteiger partial charge in [0.05, 0.1) is 6.04 Å². The number of aliphatic imine (C=N–C) groups is 1. The quantitative estimate of drug-likeness (QED) is 0.0480. The van der Waals surface area contributed by atoms with Gasteiger partial charge in [-0.1, -0.05) is 13.8 Å². The molecule has 0 rings (SSSR count). The number of nitrogens with two attached hydrogens (primary N) is 4. The highest BCUT2D eigenvalue weighted by Crippen LogP contribution is 2.07. The molecule has 0 saturated carbocycles. The molecule has 0 fully saturated rings. The standard InChI is InChI=1S/C21H38N8O8/c1-10(2)16(29-17(33)11(22)4-3-9-26-21(24)25)19(35)27-12(6-8-15(31)32)18(34)28-13(20(36)37)5-7-14(23)30/h10-13,16H,3-9,22H2,1-2H3,(H2,23,30)(H,27,35)(H,28,34)(H,29,33)(H,31,32)(H,36,37)(H4,24,25,26). The molecule has 0 aromatic rings. The molecule has 4 amide bonds. The minimum absolute atomic E-state index is 0.0985. The van der Waals surface area contributed by atoms with Crippen LogP contribution in [0.15, 0.2) is 4.99 Å². The first-order valence-corrected chi connectivity index (χ1v) is 11.6. The Morgan fingerprint density at radius 1 is 0.784 bits per heavy atom. The number of nitrogens with one attached hydrogen (secondary N) is 3. The highest BCUT2D eigenvalue weighted by atomic mass is 16.4. The fraction of sp³-hybridized carbons (Fsp3) is 0.667. The van der Waals surface area contributed by atoms with Gasteiger partial charge in [0.2, 0.25) is 23.6 Å². The van der Waals surface area contributed by atoms with Gasteiger partial charge in [-0.2, -0.15) is 0 Å². The zero-order valence-electron chi connectivity index (χ0n) is 20.9. The second kappa shape index (κ2) is 16.7. The molecule has 0 heterocycles. The van der Waals surface area contributed by atoms with Crippen molar-refractivity contribution in [3.05, 3.63) is 0 Å². The maximum atomic E-state index is 13.0. The fourth-order valence-electron chi connectivity index (χ4n) is 3.06. The molecule has 16 nitrogen and oxygen atoms in total. The van der Waals surface area contributed by atoms with Crippen LogP contribution in [0, 0.1) is 5.92 Å². The average molecular weight is 531 g/mol. The number of carbonyl (C=O) groups excluding carboxylic acids is 4. The molecule has 0 aliphatic carbocycles. The van der Waals surface area contributed by atoms with Gasteiger partial charge < -0.3 is 49.1 Å². The number of primary amides is 1. The first kappa shape index (κ1) is 33.0. The Labute approximate surface area is 214 Å². The number of carbonyl (C=O) groups is 6. The van der Waals surface area contributed by atoms with Gasteiger partial charge in [0.1, 0.15) is 18.1 Å². The molecule has 16 heteroatoms. The third kappa shape index (κ3) is 14.3. The van der Waals surface area contributed by atoms with Crippen LogP contribution in [0.1, 0.15) is 52.4 Å². The smallest absolute Gasteiger partial charge is 0.326 e. The highest BCUT2D eigenvalue weighted by molar-refractivity contribution is 5.94. The Balaban J connectivity index is 5.41. The largest absolute Gasteiger partial charge is 0.481 e. The predicted octanol–water partition coefficient (Wildman–Crippen LogP) is -3.31. The predicted molar refractivity (Wildman–Crippen MR) is 131 cm³/mol. The highest BCUT2D eigenvalue weighted by Gasteiger charge is 2.32. The van der Waals surface area contributed by atoms with E-state index in [0.29, 0.717) is 6.42 Å². The lowest BCUT2D eigenvalue weighted by molar-refractivity contribution is -0.143. The van der Waals surface area contributed by atoms with E-state index in [2.05, 4.69) is 20.9 Å². The lowest BCUT2D eigenvalue weighted by atomic mass is 10.0. The summed E-state index contributed by atoms with van der Waals surface area (Å²) in [6.45, 7) is 3.52. The zero-order valence-corrected chi connectivity index (χ0v) is 20.9. The van der Waals surface area contributed by atoms with Crippen LogP contribution in [-0.2, 0) is 28.8 Å². The molecule has 0 aromatic heterocycles. The summed E-state index contributed by atoms with van der Waals surface area (Å²) in [6, 6.07) is -5.05. The minimum Gasteiger partial charge on any atom is -0.481 e. The monoisotopic (exact) mass is 530 g/mol. The lowest BCUT2D eigenvalue weighted by Crippen LogP contribution is -2.58. The van der Waals surface area contributed by atoms with Crippen molar-refractivity contribution in [3.8, 4) is 0 Å². The molecule has 0 saturated heterocycles. The van der Waals surface area contributed by atoms with E-state index < -0.39 is 72.1 Å². The van der Waals surface area contributed by atoms with E-state index in [1.165, 1.54) is 0 Å². The van der Waals surface area contributed by atoms with Gasteiger partial charge in [-0.3, -0.25) is 29.0 Å². The first-order chi connectivity index (χ1) is 17.1. The van der Waals surface area contributed by atoms with Gasteiger partial charge in [0.25, 0.3) is 0 Å². The summed E-state index contributed by atoms with van der Waals surface area (Å²) in [7, 11) is 0. The minimum atomic E-state index is -1.50. The van der Waals surface area contributed by atoms with Crippen LogP contribution in [-0.4, -0.2) is 82.5 Å². The van der Waals surface area contributed by atoms with Crippen LogP contribution < -0.4 is 38.9 Å². The Kier molecular flexibility index (Phi) is 14.9. The summed E-state index contributed by atoms with van der Waals surface area (Å²) in [5.41, 5.74) is 21.4. The molecule has 0 radical (unpaired) electrons. The van der Waals surface area contributed by atoms with Gasteiger partial charge in [0, 0.05) is 19.4 Å². The van der Waals surface area contributed by atoms with Crippen molar-refractivity contribution < 1.29 is 39.0 Å². The molecule has 0 aliphatic rings. The van der Waals surface area contributed by atoms with E-state index in [4.69, 9.17) is 28.0 Å². The van der Waals surface area contributed by atoms with Crippen LogP contribution in [0.25, 0.3) is 0 Å². The van der Waals surface area contributed by atoms with E-state index in [0.717, 1.165) is 0 Å². The molecule has 0 spiro atoms. The van der Waals surface area contributed by atoms with Crippen molar-refractivity contribution in [3.63, 3.8) is 0 Å². The number of hydrogen-bond donors (Lipinski definition) is 9. The van der Waals surface area contributed by atoms with Gasteiger partial charge in [-0.15, -0.1) is 0 Å². The first-order valence-electron chi connectivity index (χ1n) is 11.6. The SMILES string of the molecule is CC(C)C(NC(=O)C(N)CCCN=C(N)N)C(=O)NC(CCC(=O)O)C(=O)NC(CCC(N)=O)C(=O)O. The van der Waals surface area contributed by atoms with Crippen molar-refractivity contribution in [2.75, 3.05) is 6.54 Å². The van der Waals surface area contributed by atoms with Crippen molar-refractivity contribution in [2.24, 2.45) is 33.8 Å². The van der Waals surface area contributed by atoms with Crippen LogP contribution in [0.4, 0.5) is 0 Å². The third-order valence-electron chi connectivity index (χ3n) is 5.13. The average Bonchev–Trinajstić information content (AvgIpc) is 2.78. The Hall–Kier alpha value is -3.95. The summed E-state index contributed by atoms with van der Waals surface area (Å²) in [5.74, 6) is -6.44. The van der Waals surface area contributed by atoms with E-state index in [1.54, 1.807) is 13.8 Å². The maximum absolute atomic E-state index is 13.0. The number of hydrogen-bond acceptors (Lipinski definition) is 8. The van der Waals surface area contributed by atoms with E-state index >= 15 is 0 Å². The van der Waals surface area contributed by atoms with E-state index in [-0.39, 0.29) is 38.2 Å². The zero-order chi connectivity index (χ0) is 28.7. The molecular weight excluding hydrogens is 492 g/mol. The van der Waals surface area contributed by atoms with Crippen molar-refractivity contribution in [1.29, 1.82) is 0 Å². The molecular formula is C21H38N8O8. The summed E-state index contributed by atoms with van der Waals surface area (Å²) in [6.07, 6.45) is -0.878. The summed E-state index contributed by atoms with van der Waals surface area (Å²) >= 11 is 0. The van der Waals surface area contributed by atoms with Gasteiger partial charge in [-0.25, -0.2) is 4.79 Å². The van der Waals surface area contributed by atoms with E-state index in [1.807, 2.05) is 0 Å². The van der Waals surface area contributed by atoms with Crippen molar-refractivity contribution >= 4 is 41.5 Å². The number of carboxylic acids is 2. The van der Waals surface area contributed by atoms with Crippen LogP contribution in [0.3, 0.4) is 0 Å². The Bertz CT molecular complexity index is 859. The van der Waals surface area contributed by atoms with Crippen LogP contribution >= 0.6 is 0 Å². The van der Waals surface area contributed by atoms with Crippen LogP contribution in [0.2, 0.25) is 0 Å². The summed E-state index contributed by atoms with van der Waals surface area (Å²) in [4.78, 5) is 75.5. The summed E-state index contributed by atoms with van der Waals surface area (Å²) < 4.78 is 0. The summed E-state index contributed by atoms with van der Waals surface area (Å²) in [5, 5.41) is 25.4. The number of aliphatic carboxylic acids is 2. The van der Waals surface area contributed by atoms with Gasteiger partial charge in [0.15, 0.2) is 5.96 Å². The van der Waals surface area contributed by atoms with Gasteiger partial charge >= 0.3 is 11.9 Å². The van der Waals surface area contributed by atoms with Crippen molar-refractivity contribution in [2.45, 2.75) is 76.5 Å². The maximum Gasteiger partial charge on any atom is 0.326 e. The number of guanidine groups is 1. The number of rotatable bonds is 18. The second-order valence-electron chi connectivity index (χ2n) is 8.68. The third-order valence-corrected chi connectivity index (χ3v) is 5.13. The van der Waals surface area contributed by atoms with Gasteiger partial charge in [-0.05, 0) is 31.6 Å². The van der Waals surface area contributed by atoms with Crippen molar-refractivity contribution in [1.82, 2.24) is 16.0 Å². The lowest BCUT2D eigenvalue weighted by Gasteiger charge is -2.27. The Morgan fingerprint density at radius 3 is 1.84 bits per heavy atom. The number of amides is 4. The number of carboxylic acid groups (broad SMARTS) is 2. The molecule has 37 heavy (non-hydrogen) atoms. The molecule has 0 aliphatic heterocycles. The topological polar surface area (TPSA) is 295 Å². The molecule has 4 unspecified atom stereocenters. The Morgan fingerprint density at radius 2 is 1.35 bits per heavy atom. The molecule has 210 valence electrons. The van der Waals surface area contributed by atoms with Crippen LogP contribution in [0.5, 0.6) is 0 Å². The molecule has 0 bridgehead atoms. The molecule has 0 aromatic carbocycles. The number of nitrogens with zero attached hydrogens (tertiary/aromatic N) is 1. The normalized spacial score (nSPS) is 13.9. The molecule has 4 atom stereocenters. The fourth-order valence-corrected chi connectivity index (χ4v) is 3.06. The second-order valence-corrected chi connectivity index (χ2v) is 8.68.